The molecule has 0 heterocycles. The van der Waals surface area contributed by atoms with Gasteiger partial charge in [0.15, 0.2) is 0 Å². The van der Waals surface area contributed by atoms with E-state index in [-0.39, 0.29) is 0 Å². The van der Waals surface area contributed by atoms with Gasteiger partial charge in [0.05, 0.1) is 0 Å². The van der Waals surface area contributed by atoms with E-state index in [0.29, 0.717) is 0 Å². The quantitative estimate of drug-likeness (QED) is 0.649. The van der Waals surface area contributed by atoms with Crippen molar-refractivity contribution in [3.05, 3.63) is 23.3 Å². The first-order chi connectivity index (χ1) is 5.54. The van der Waals surface area contributed by atoms with Crippen LogP contribution in [0.1, 0.15) is 18.1 Å². The fourth-order valence-corrected chi connectivity index (χ4v) is 1.25. The Labute approximate surface area is 71.8 Å². The fourth-order valence-electron chi connectivity index (χ4n) is 1.25. The third kappa shape index (κ3) is 1.33. The maximum Gasteiger partial charge on any atom is 0.300 e. The van der Waals surface area contributed by atoms with Crippen molar-refractivity contribution in [3.8, 4) is 11.1 Å². The van der Waals surface area contributed by atoms with E-state index in [0.717, 1.165) is 6.92 Å². The summed E-state index contributed by atoms with van der Waals surface area (Å²) in [6.45, 7) is 5.44. The van der Waals surface area contributed by atoms with Gasteiger partial charge in [-0.15, -0.1) is 0 Å². The largest absolute Gasteiger partial charge is 0.481 e. The molecule has 0 aromatic rings. The van der Waals surface area contributed by atoms with Crippen LogP contribution in [0.3, 0.4) is 0 Å². The molecule has 0 radical (unpaired) electrons. The van der Waals surface area contributed by atoms with Crippen molar-refractivity contribution in [1.29, 1.82) is 0 Å². The molecule has 2 aliphatic carbocycles. The lowest BCUT2D eigenvalue weighted by atomic mass is 9.81. The lowest BCUT2D eigenvalue weighted by Gasteiger charge is -2.23. The van der Waals surface area contributed by atoms with Crippen LogP contribution in [-0.2, 0) is 4.79 Å². The molecule has 0 aliphatic heterocycles. The van der Waals surface area contributed by atoms with Crippen LogP contribution in [0.5, 0.6) is 0 Å². The van der Waals surface area contributed by atoms with Crippen molar-refractivity contribution in [1.82, 2.24) is 0 Å². The van der Waals surface area contributed by atoms with Gasteiger partial charge < -0.3 is 5.11 Å². The van der Waals surface area contributed by atoms with Gasteiger partial charge in [0.2, 0.25) is 0 Å². The number of hydrogen-bond donors (Lipinski definition) is 1. The Kier molecular flexibility index (Phi) is 2.18. The zero-order chi connectivity index (χ0) is 9.30. The number of carbonyl (C=O) groups is 1. The number of benzene rings is 1. The summed E-state index contributed by atoms with van der Waals surface area (Å²) >= 11 is 0. The summed E-state index contributed by atoms with van der Waals surface area (Å²) in [5.74, 6) is -0.833. The first kappa shape index (κ1) is 8.78. The van der Waals surface area contributed by atoms with Crippen molar-refractivity contribution in [2.24, 2.45) is 0 Å². The van der Waals surface area contributed by atoms with Gasteiger partial charge in [-0.1, -0.05) is 12.1 Å². The first-order valence-electron chi connectivity index (χ1n) is 3.84. The van der Waals surface area contributed by atoms with Crippen LogP contribution >= 0.6 is 0 Å². The molecule has 64 valence electrons. The lowest BCUT2D eigenvalue weighted by Crippen LogP contribution is -2.01. The molecule has 0 atom stereocenters. The van der Waals surface area contributed by atoms with Gasteiger partial charge in [-0.25, -0.2) is 0 Å². The number of hydrogen-bond acceptors (Lipinski definition) is 1. The van der Waals surface area contributed by atoms with E-state index < -0.39 is 5.97 Å². The molecule has 2 nitrogen and oxygen atoms in total. The van der Waals surface area contributed by atoms with Gasteiger partial charge in [-0.05, 0) is 36.1 Å². The van der Waals surface area contributed by atoms with Crippen molar-refractivity contribution in [2.45, 2.75) is 20.8 Å². The minimum Gasteiger partial charge on any atom is -0.481 e. The SMILES string of the molecule is CC(=O)O.Cc1c2ccc-2c1C. The van der Waals surface area contributed by atoms with Gasteiger partial charge in [-0.2, -0.15) is 0 Å². The van der Waals surface area contributed by atoms with E-state index >= 15 is 0 Å². The van der Waals surface area contributed by atoms with Gasteiger partial charge in [0, 0.05) is 6.92 Å². The first-order valence-corrected chi connectivity index (χ1v) is 3.84. The Hall–Kier alpha value is -1.31. The van der Waals surface area contributed by atoms with E-state index in [1.165, 1.54) is 22.3 Å². The molecule has 2 rings (SSSR count). The summed E-state index contributed by atoms with van der Waals surface area (Å²) in [6.07, 6.45) is 0. The lowest BCUT2D eigenvalue weighted by molar-refractivity contribution is -0.134. The van der Waals surface area contributed by atoms with Crippen molar-refractivity contribution >= 4 is 5.97 Å². The predicted molar refractivity (Wildman–Crippen MR) is 48.2 cm³/mol. The second-order valence-electron chi connectivity index (χ2n) is 2.93. The van der Waals surface area contributed by atoms with E-state index in [1.54, 1.807) is 0 Å². The van der Waals surface area contributed by atoms with Crippen LogP contribution in [0.4, 0.5) is 0 Å². The third-order valence-electron chi connectivity index (χ3n) is 2.08. The van der Waals surface area contributed by atoms with Crippen molar-refractivity contribution < 1.29 is 9.90 Å². The molecule has 0 bridgehead atoms. The second-order valence-corrected chi connectivity index (χ2v) is 2.93. The minimum absolute atomic E-state index is 0.833. The normalized spacial score (nSPS) is 9.92. The number of fused-ring (bicyclic) bond motifs is 1. The van der Waals surface area contributed by atoms with Crippen LogP contribution in [0.2, 0.25) is 0 Å². The summed E-state index contributed by atoms with van der Waals surface area (Å²) in [5.41, 5.74) is 5.95. The highest BCUT2D eigenvalue weighted by Gasteiger charge is 2.17. The van der Waals surface area contributed by atoms with E-state index in [1.807, 2.05) is 0 Å². The third-order valence-corrected chi connectivity index (χ3v) is 2.08. The van der Waals surface area contributed by atoms with Gasteiger partial charge in [0.1, 0.15) is 0 Å². The summed E-state index contributed by atoms with van der Waals surface area (Å²) in [7, 11) is 0. The average molecular weight is 164 g/mol. The summed E-state index contributed by atoms with van der Waals surface area (Å²) < 4.78 is 0. The standard InChI is InChI=1S/C8H8.C2H4O2/c1-5-6(2)8-4-3-7(5)8;1-2(3)4/h3-4H,1-2H3;1H3,(H,3,4). The summed E-state index contributed by atoms with van der Waals surface area (Å²) in [4.78, 5) is 9.00. The predicted octanol–water partition coefficient (Wildman–Crippen LogP) is 2.37. The maximum absolute atomic E-state index is 9.00. The van der Waals surface area contributed by atoms with Crippen molar-refractivity contribution in [2.75, 3.05) is 0 Å². The average Bonchev–Trinajstić information content (AvgIpc) is 1.84. The van der Waals surface area contributed by atoms with E-state index in [2.05, 4.69) is 26.0 Å². The van der Waals surface area contributed by atoms with Crippen LogP contribution in [-0.4, -0.2) is 11.1 Å². The molecule has 12 heavy (non-hydrogen) atoms. The molecular formula is C10H12O2. The van der Waals surface area contributed by atoms with Gasteiger partial charge >= 0.3 is 0 Å². The zero-order valence-electron chi connectivity index (χ0n) is 7.51. The molecule has 1 N–H and O–H groups in total. The Morgan fingerprint density at radius 3 is 1.50 bits per heavy atom. The number of carboxylic acids is 1. The maximum atomic E-state index is 9.00. The zero-order valence-corrected chi connectivity index (χ0v) is 7.51. The Bertz CT molecular complexity index is 296. The molecular weight excluding hydrogens is 152 g/mol. The van der Waals surface area contributed by atoms with Crippen LogP contribution < -0.4 is 0 Å². The topological polar surface area (TPSA) is 37.3 Å². The molecule has 0 aromatic carbocycles. The van der Waals surface area contributed by atoms with Gasteiger partial charge in [0.25, 0.3) is 5.97 Å². The van der Waals surface area contributed by atoms with E-state index in [4.69, 9.17) is 9.90 Å². The minimum atomic E-state index is -0.833. The Morgan fingerprint density at radius 2 is 1.42 bits per heavy atom. The Balaban J connectivity index is 0.000000157. The molecule has 2 aliphatic rings. The summed E-state index contributed by atoms with van der Waals surface area (Å²) in [6, 6.07) is 4.36. The molecule has 0 fully saturated rings. The number of aliphatic carboxylic acids is 1. The molecule has 2 heteroatoms. The Morgan fingerprint density at radius 1 is 1.17 bits per heavy atom. The molecule has 0 saturated carbocycles. The van der Waals surface area contributed by atoms with Crippen molar-refractivity contribution in [3.63, 3.8) is 0 Å². The smallest absolute Gasteiger partial charge is 0.300 e. The highest BCUT2D eigenvalue weighted by Crippen LogP contribution is 2.40. The van der Waals surface area contributed by atoms with Crippen LogP contribution in [0, 0.1) is 13.8 Å². The molecule has 0 spiro atoms. The van der Waals surface area contributed by atoms with E-state index in [9.17, 15) is 0 Å². The monoisotopic (exact) mass is 164 g/mol. The molecule has 0 aromatic heterocycles. The molecule has 0 saturated heterocycles. The molecule has 0 unspecified atom stereocenters. The van der Waals surface area contributed by atoms with Gasteiger partial charge in [-0.3, -0.25) is 4.79 Å². The highest BCUT2D eigenvalue weighted by molar-refractivity contribution is 5.85. The number of carboxylic acid groups (broad SMARTS) is 1. The highest BCUT2D eigenvalue weighted by atomic mass is 16.4. The van der Waals surface area contributed by atoms with Crippen LogP contribution in [0.15, 0.2) is 12.1 Å². The second kappa shape index (κ2) is 2.97. The number of rotatable bonds is 0. The summed E-state index contributed by atoms with van der Waals surface area (Å²) in [5, 5.41) is 7.42. The van der Waals surface area contributed by atoms with Crippen LogP contribution in [0.25, 0.3) is 11.1 Å². The molecule has 0 amide bonds. The fraction of sp³-hybridized carbons (Fsp3) is 0.300.